The average Bonchev–Trinajstić information content (AvgIpc) is 2.75. The molecule has 0 radical (unpaired) electrons. The topological polar surface area (TPSA) is 3.24 Å². The molecule has 0 atom stereocenters. The van der Waals surface area contributed by atoms with Gasteiger partial charge in [-0.3, -0.25) is 0 Å². The van der Waals surface area contributed by atoms with Crippen LogP contribution in [0.25, 0.3) is 10.8 Å². The molecule has 4 aromatic carbocycles. The van der Waals surface area contributed by atoms with Crippen molar-refractivity contribution in [1.82, 2.24) is 0 Å². The molecule has 0 aliphatic carbocycles. The summed E-state index contributed by atoms with van der Waals surface area (Å²) in [5.41, 5.74) is 6.20. The van der Waals surface area contributed by atoms with Crippen molar-refractivity contribution >= 4 is 16.5 Å². The molecule has 4 aromatic rings. The Morgan fingerprint density at radius 1 is 0.655 bits per heavy atom. The smallest absolute Gasteiger partial charge is 0.0361 e. The van der Waals surface area contributed by atoms with Gasteiger partial charge in [-0.2, -0.15) is 0 Å². The standard InChI is InChI=1S/C28H25N/c1-29(2)28-17-13-24(14-18-28)19-25-12-16-26-15-11-23(20-27(26)21-25)10-6-9-22-7-4-3-5-8-22/h3-5,7-8,11-18,20-21H,9,19H2,1-2H3. The van der Waals surface area contributed by atoms with Gasteiger partial charge >= 0.3 is 0 Å². The van der Waals surface area contributed by atoms with Crippen LogP contribution in [0.1, 0.15) is 22.3 Å². The molecule has 0 heterocycles. The maximum absolute atomic E-state index is 3.32. The second-order valence-corrected chi connectivity index (χ2v) is 7.60. The van der Waals surface area contributed by atoms with E-state index in [1.54, 1.807) is 0 Å². The van der Waals surface area contributed by atoms with Gasteiger partial charge in [0.2, 0.25) is 0 Å². The van der Waals surface area contributed by atoms with Crippen LogP contribution in [-0.4, -0.2) is 14.1 Å². The lowest BCUT2D eigenvalue weighted by molar-refractivity contribution is 1.12. The normalized spacial score (nSPS) is 10.4. The summed E-state index contributed by atoms with van der Waals surface area (Å²) in [6.07, 6.45) is 1.72. The lowest BCUT2D eigenvalue weighted by atomic mass is 9.99. The Hall–Kier alpha value is -3.50. The second kappa shape index (κ2) is 8.67. The van der Waals surface area contributed by atoms with E-state index in [4.69, 9.17) is 0 Å². The van der Waals surface area contributed by atoms with E-state index in [9.17, 15) is 0 Å². The quantitative estimate of drug-likeness (QED) is 0.390. The minimum Gasteiger partial charge on any atom is -0.378 e. The molecule has 0 unspecified atom stereocenters. The largest absolute Gasteiger partial charge is 0.378 e. The molecule has 0 saturated heterocycles. The van der Waals surface area contributed by atoms with E-state index in [2.05, 4.69) is 116 Å². The van der Waals surface area contributed by atoms with Crippen molar-refractivity contribution in [3.63, 3.8) is 0 Å². The van der Waals surface area contributed by atoms with E-state index in [0.717, 1.165) is 18.4 Å². The van der Waals surface area contributed by atoms with Crippen molar-refractivity contribution in [3.05, 3.63) is 113 Å². The number of anilines is 1. The first-order chi connectivity index (χ1) is 14.2. The van der Waals surface area contributed by atoms with Crippen LogP contribution in [0, 0.1) is 11.8 Å². The van der Waals surface area contributed by atoms with Gasteiger partial charge in [-0.1, -0.05) is 78.6 Å². The molecular weight excluding hydrogens is 350 g/mol. The number of hydrogen-bond donors (Lipinski definition) is 0. The van der Waals surface area contributed by atoms with E-state index >= 15 is 0 Å². The predicted molar refractivity (Wildman–Crippen MR) is 125 cm³/mol. The van der Waals surface area contributed by atoms with Gasteiger partial charge in [-0.25, -0.2) is 0 Å². The van der Waals surface area contributed by atoms with E-state index in [1.807, 2.05) is 6.07 Å². The molecule has 0 spiro atoms. The molecule has 142 valence electrons. The summed E-state index contributed by atoms with van der Waals surface area (Å²) in [5.74, 6) is 6.61. The molecule has 0 saturated carbocycles. The number of fused-ring (bicyclic) bond motifs is 1. The molecule has 0 bridgehead atoms. The Morgan fingerprint density at radius 3 is 2.14 bits per heavy atom. The zero-order chi connectivity index (χ0) is 20.1. The van der Waals surface area contributed by atoms with Crippen LogP contribution in [0.15, 0.2) is 91.0 Å². The molecule has 0 N–H and O–H groups in total. The van der Waals surface area contributed by atoms with Gasteiger partial charge < -0.3 is 4.90 Å². The van der Waals surface area contributed by atoms with E-state index in [0.29, 0.717) is 0 Å². The first-order valence-corrected chi connectivity index (χ1v) is 9.99. The number of hydrogen-bond acceptors (Lipinski definition) is 1. The zero-order valence-corrected chi connectivity index (χ0v) is 17.0. The Labute approximate surface area is 173 Å². The molecule has 4 rings (SSSR count). The molecule has 0 amide bonds. The molecule has 0 aliphatic rings. The van der Waals surface area contributed by atoms with Crippen molar-refractivity contribution in [3.8, 4) is 11.8 Å². The Morgan fingerprint density at radius 2 is 1.38 bits per heavy atom. The zero-order valence-electron chi connectivity index (χ0n) is 17.0. The maximum atomic E-state index is 3.32. The highest BCUT2D eigenvalue weighted by Crippen LogP contribution is 2.21. The molecule has 1 heteroatoms. The highest BCUT2D eigenvalue weighted by atomic mass is 15.1. The van der Waals surface area contributed by atoms with Crippen LogP contribution in [0.3, 0.4) is 0 Å². The first kappa shape index (κ1) is 18.8. The van der Waals surface area contributed by atoms with Gasteiger partial charge in [0.25, 0.3) is 0 Å². The monoisotopic (exact) mass is 375 g/mol. The minimum atomic E-state index is 0.780. The van der Waals surface area contributed by atoms with Crippen LogP contribution in [-0.2, 0) is 12.8 Å². The lowest BCUT2D eigenvalue weighted by Crippen LogP contribution is -2.08. The van der Waals surface area contributed by atoms with Crippen molar-refractivity contribution in [1.29, 1.82) is 0 Å². The van der Waals surface area contributed by atoms with Crippen molar-refractivity contribution < 1.29 is 0 Å². The third kappa shape index (κ3) is 4.86. The molecule has 0 fully saturated rings. The highest BCUT2D eigenvalue weighted by Gasteiger charge is 2.01. The van der Waals surface area contributed by atoms with Gasteiger partial charge in [0.1, 0.15) is 0 Å². The van der Waals surface area contributed by atoms with Gasteiger partial charge in [0.05, 0.1) is 0 Å². The lowest BCUT2D eigenvalue weighted by Gasteiger charge is -2.12. The van der Waals surface area contributed by atoms with Gasteiger partial charge in [0.15, 0.2) is 0 Å². The van der Waals surface area contributed by atoms with Crippen LogP contribution >= 0.6 is 0 Å². The number of nitrogens with zero attached hydrogens (tertiary/aromatic N) is 1. The Bertz CT molecular complexity index is 1160. The Kier molecular flexibility index (Phi) is 5.63. The third-order valence-electron chi connectivity index (χ3n) is 5.13. The Balaban J connectivity index is 1.52. The summed E-state index contributed by atoms with van der Waals surface area (Å²) in [6.45, 7) is 0. The summed E-state index contributed by atoms with van der Waals surface area (Å²) in [4.78, 5) is 2.13. The summed E-state index contributed by atoms with van der Waals surface area (Å²) in [6, 6.07) is 32.4. The fourth-order valence-electron chi connectivity index (χ4n) is 3.48. The van der Waals surface area contributed by atoms with E-state index < -0.39 is 0 Å². The summed E-state index contributed by atoms with van der Waals surface area (Å²) < 4.78 is 0. The summed E-state index contributed by atoms with van der Waals surface area (Å²) in [7, 11) is 4.14. The van der Waals surface area contributed by atoms with E-state index in [1.165, 1.54) is 33.2 Å². The SMILES string of the molecule is CN(C)c1ccc(Cc2ccc3ccc(C#CCc4ccccc4)cc3c2)cc1. The van der Waals surface area contributed by atoms with Crippen LogP contribution in [0.4, 0.5) is 5.69 Å². The van der Waals surface area contributed by atoms with Crippen molar-refractivity contribution in [2.24, 2.45) is 0 Å². The van der Waals surface area contributed by atoms with Gasteiger partial charge in [-0.05, 0) is 58.1 Å². The second-order valence-electron chi connectivity index (χ2n) is 7.60. The first-order valence-electron chi connectivity index (χ1n) is 9.99. The highest BCUT2D eigenvalue weighted by molar-refractivity contribution is 5.84. The minimum absolute atomic E-state index is 0.780. The molecule has 0 aromatic heterocycles. The summed E-state index contributed by atoms with van der Waals surface area (Å²) in [5, 5.41) is 2.50. The number of benzene rings is 4. The van der Waals surface area contributed by atoms with Crippen LogP contribution in [0.5, 0.6) is 0 Å². The predicted octanol–water partition coefficient (Wildman–Crippen LogP) is 6.09. The van der Waals surface area contributed by atoms with Gasteiger partial charge in [-0.15, -0.1) is 0 Å². The van der Waals surface area contributed by atoms with Crippen molar-refractivity contribution in [2.75, 3.05) is 19.0 Å². The fraction of sp³-hybridized carbons (Fsp3) is 0.143. The van der Waals surface area contributed by atoms with E-state index in [-0.39, 0.29) is 0 Å². The molecule has 0 aliphatic heterocycles. The third-order valence-corrected chi connectivity index (χ3v) is 5.13. The average molecular weight is 376 g/mol. The van der Waals surface area contributed by atoms with Crippen molar-refractivity contribution in [2.45, 2.75) is 12.8 Å². The van der Waals surface area contributed by atoms with Crippen LogP contribution in [0.2, 0.25) is 0 Å². The van der Waals surface area contributed by atoms with Gasteiger partial charge in [0, 0.05) is 31.8 Å². The maximum Gasteiger partial charge on any atom is 0.0361 e. The molecular formula is C28H25N. The molecule has 29 heavy (non-hydrogen) atoms. The molecule has 1 nitrogen and oxygen atoms in total. The number of rotatable bonds is 4. The fourth-order valence-corrected chi connectivity index (χ4v) is 3.48. The van der Waals surface area contributed by atoms with Crippen LogP contribution < -0.4 is 4.90 Å². The summed E-state index contributed by atoms with van der Waals surface area (Å²) >= 11 is 0.